The van der Waals surface area contributed by atoms with Crippen molar-refractivity contribution in [2.24, 2.45) is 0 Å². The van der Waals surface area contributed by atoms with Gasteiger partial charge in [0.25, 0.3) is 0 Å². The average Bonchev–Trinajstić information content (AvgIpc) is 2.41. The van der Waals surface area contributed by atoms with Gasteiger partial charge in [-0.25, -0.2) is 4.39 Å². The Bertz CT molecular complexity index is 416. The third-order valence-corrected chi connectivity index (χ3v) is 3.72. The van der Waals surface area contributed by atoms with Crippen molar-refractivity contribution in [2.45, 2.75) is 19.6 Å². The molecule has 3 nitrogen and oxygen atoms in total. The van der Waals surface area contributed by atoms with Crippen molar-refractivity contribution in [3.63, 3.8) is 0 Å². The van der Waals surface area contributed by atoms with E-state index in [1.807, 2.05) is 0 Å². The summed E-state index contributed by atoms with van der Waals surface area (Å²) in [5.74, 6) is -0.303. The number of hydrogen-bond acceptors (Lipinski definition) is 3. The summed E-state index contributed by atoms with van der Waals surface area (Å²) in [5, 5.41) is 3.78. The minimum absolute atomic E-state index is 0.216. The van der Waals surface area contributed by atoms with Crippen LogP contribution in [0.25, 0.3) is 0 Å². The SMILES string of the molecule is CCN1CCOC(CNCc2ccc(F)cc2Cl)C1. The molecule has 0 amide bonds. The molecule has 0 spiro atoms. The summed E-state index contributed by atoms with van der Waals surface area (Å²) in [6.45, 7) is 7.39. The Morgan fingerprint density at radius 1 is 1.53 bits per heavy atom. The Morgan fingerprint density at radius 2 is 2.37 bits per heavy atom. The Balaban J connectivity index is 1.76. The minimum Gasteiger partial charge on any atom is -0.374 e. The Labute approximate surface area is 118 Å². The van der Waals surface area contributed by atoms with Crippen molar-refractivity contribution in [1.82, 2.24) is 10.2 Å². The van der Waals surface area contributed by atoms with Crippen LogP contribution in [0.3, 0.4) is 0 Å². The van der Waals surface area contributed by atoms with Gasteiger partial charge in [-0.1, -0.05) is 24.6 Å². The topological polar surface area (TPSA) is 24.5 Å². The predicted octanol–water partition coefficient (Wildman–Crippen LogP) is 2.29. The first-order valence-electron chi connectivity index (χ1n) is 6.67. The zero-order valence-corrected chi connectivity index (χ0v) is 11.9. The molecule has 1 unspecified atom stereocenters. The predicted molar refractivity (Wildman–Crippen MR) is 75.0 cm³/mol. The molecule has 1 aromatic carbocycles. The molecule has 0 aromatic heterocycles. The van der Waals surface area contributed by atoms with Gasteiger partial charge in [-0.05, 0) is 24.2 Å². The minimum atomic E-state index is -0.303. The quantitative estimate of drug-likeness (QED) is 0.899. The van der Waals surface area contributed by atoms with E-state index in [2.05, 4.69) is 17.1 Å². The molecule has 1 aromatic rings. The number of rotatable bonds is 5. The van der Waals surface area contributed by atoms with Gasteiger partial charge in [0.05, 0.1) is 12.7 Å². The summed E-state index contributed by atoms with van der Waals surface area (Å²) in [5.41, 5.74) is 0.909. The van der Waals surface area contributed by atoms with Gasteiger partial charge >= 0.3 is 0 Å². The summed E-state index contributed by atoms with van der Waals surface area (Å²) in [7, 11) is 0. The van der Waals surface area contributed by atoms with E-state index in [1.165, 1.54) is 12.1 Å². The number of nitrogens with zero attached hydrogens (tertiary/aromatic N) is 1. The summed E-state index contributed by atoms with van der Waals surface area (Å²) in [6, 6.07) is 4.48. The first-order valence-corrected chi connectivity index (χ1v) is 7.05. The molecule has 0 saturated carbocycles. The number of ether oxygens (including phenoxy) is 1. The number of nitrogens with one attached hydrogen (secondary N) is 1. The smallest absolute Gasteiger partial charge is 0.124 e. The molecule has 0 bridgehead atoms. The van der Waals surface area contributed by atoms with E-state index in [-0.39, 0.29) is 11.9 Å². The van der Waals surface area contributed by atoms with E-state index in [9.17, 15) is 4.39 Å². The highest BCUT2D eigenvalue weighted by atomic mass is 35.5. The lowest BCUT2D eigenvalue weighted by Crippen LogP contribution is -2.46. The lowest BCUT2D eigenvalue weighted by molar-refractivity contribution is -0.0253. The average molecular weight is 287 g/mol. The fraction of sp³-hybridized carbons (Fsp3) is 0.571. The lowest BCUT2D eigenvalue weighted by Gasteiger charge is -2.32. The van der Waals surface area contributed by atoms with Gasteiger partial charge < -0.3 is 10.1 Å². The second kappa shape index (κ2) is 7.20. The van der Waals surface area contributed by atoms with Crippen molar-refractivity contribution < 1.29 is 9.13 Å². The molecule has 1 N–H and O–H groups in total. The van der Waals surface area contributed by atoms with E-state index >= 15 is 0 Å². The van der Waals surface area contributed by atoms with E-state index < -0.39 is 0 Å². The Morgan fingerprint density at radius 3 is 3.11 bits per heavy atom. The molecule has 0 aliphatic carbocycles. The Kier molecular flexibility index (Phi) is 5.58. The molecule has 1 saturated heterocycles. The van der Waals surface area contributed by atoms with Crippen molar-refractivity contribution in [3.8, 4) is 0 Å². The molecule has 5 heteroatoms. The van der Waals surface area contributed by atoms with Crippen LogP contribution in [0.4, 0.5) is 4.39 Å². The summed E-state index contributed by atoms with van der Waals surface area (Å²) in [4.78, 5) is 2.38. The molecule has 106 valence electrons. The van der Waals surface area contributed by atoms with E-state index in [0.29, 0.717) is 11.6 Å². The molecule has 2 rings (SSSR count). The fourth-order valence-electron chi connectivity index (χ4n) is 2.22. The van der Waals surface area contributed by atoms with Crippen LogP contribution in [0.2, 0.25) is 5.02 Å². The maximum Gasteiger partial charge on any atom is 0.124 e. The zero-order valence-electron chi connectivity index (χ0n) is 11.2. The van der Waals surface area contributed by atoms with Crippen LogP contribution < -0.4 is 5.32 Å². The van der Waals surface area contributed by atoms with Gasteiger partial charge in [-0.2, -0.15) is 0 Å². The lowest BCUT2D eigenvalue weighted by atomic mass is 10.2. The number of hydrogen-bond donors (Lipinski definition) is 1. The summed E-state index contributed by atoms with van der Waals surface area (Å²) < 4.78 is 18.6. The zero-order chi connectivity index (χ0) is 13.7. The highest BCUT2D eigenvalue weighted by Gasteiger charge is 2.18. The largest absolute Gasteiger partial charge is 0.374 e. The van der Waals surface area contributed by atoms with E-state index in [4.69, 9.17) is 16.3 Å². The molecule has 1 heterocycles. The number of halogens is 2. The summed E-state index contributed by atoms with van der Waals surface area (Å²) >= 11 is 5.98. The molecule has 1 aliphatic heterocycles. The van der Waals surface area contributed by atoms with Crippen LogP contribution in [0, 0.1) is 5.82 Å². The number of benzene rings is 1. The normalized spacial score (nSPS) is 20.7. The van der Waals surface area contributed by atoms with Gasteiger partial charge in [-0.3, -0.25) is 4.90 Å². The van der Waals surface area contributed by atoms with Crippen LogP contribution >= 0.6 is 11.6 Å². The maximum absolute atomic E-state index is 12.9. The van der Waals surface area contributed by atoms with Gasteiger partial charge in [0, 0.05) is 31.2 Å². The van der Waals surface area contributed by atoms with Crippen molar-refractivity contribution in [2.75, 3.05) is 32.8 Å². The highest BCUT2D eigenvalue weighted by molar-refractivity contribution is 6.31. The monoisotopic (exact) mass is 286 g/mol. The van der Waals surface area contributed by atoms with Crippen LogP contribution in [-0.2, 0) is 11.3 Å². The summed E-state index contributed by atoms with van der Waals surface area (Å²) in [6.07, 6.45) is 0.216. The second-order valence-corrected chi connectivity index (χ2v) is 5.16. The molecule has 0 radical (unpaired) electrons. The van der Waals surface area contributed by atoms with Crippen molar-refractivity contribution in [3.05, 3.63) is 34.6 Å². The first-order chi connectivity index (χ1) is 9.19. The highest BCUT2D eigenvalue weighted by Crippen LogP contribution is 2.16. The van der Waals surface area contributed by atoms with Crippen LogP contribution in [-0.4, -0.2) is 43.8 Å². The standard InChI is InChI=1S/C14H20ClFN2O/c1-2-18-5-6-19-13(10-18)9-17-8-11-3-4-12(16)7-14(11)15/h3-4,7,13,17H,2,5-6,8-10H2,1H3. The first kappa shape index (κ1) is 14.7. The third-order valence-electron chi connectivity index (χ3n) is 3.37. The van der Waals surface area contributed by atoms with Gasteiger partial charge in [0.1, 0.15) is 5.82 Å². The molecular formula is C14H20ClFN2O. The number of likely N-dealkylation sites (N-methyl/N-ethyl adjacent to an activating group) is 1. The van der Waals surface area contributed by atoms with E-state index in [0.717, 1.165) is 38.3 Å². The van der Waals surface area contributed by atoms with Gasteiger partial charge in [0.15, 0.2) is 0 Å². The van der Waals surface area contributed by atoms with Crippen molar-refractivity contribution >= 4 is 11.6 Å². The molecule has 1 fully saturated rings. The third kappa shape index (κ3) is 4.42. The maximum atomic E-state index is 12.9. The molecule has 1 atom stereocenters. The second-order valence-electron chi connectivity index (χ2n) is 4.75. The van der Waals surface area contributed by atoms with Crippen molar-refractivity contribution in [1.29, 1.82) is 0 Å². The van der Waals surface area contributed by atoms with Crippen LogP contribution in [0.15, 0.2) is 18.2 Å². The molecular weight excluding hydrogens is 267 g/mol. The van der Waals surface area contributed by atoms with Crippen LogP contribution in [0.5, 0.6) is 0 Å². The molecule has 19 heavy (non-hydrogen) atoms. The van der Waals surface area contributed by atoms with E-state index in [1.54, 1.807) is 6.07 Å². The Hall–Kier alpha value is -0.680. The molecule has 1 aliphatic rings. The van der Waals surface area contributed by atoms with Gasteiger partial charge in [-0.15, -0.1) is 0 Å². The number of morpholine rings is 1. The fourth-order valence-corrected chi connectivity index (χ4v) is 2.46. The van der Waals surface area contributed by atoms with Crippen LogP contribution in [0.1, 0.15) is 12.5 Å². The van der Waals surface area contributed by atoms with Gasteiger partial charge in [0.2, 0.25) is 0 Å².